The van der Waals surface area contributed by atoms with E-state index in [1.165, 1.54) is 0 Å². The Hall–Kier alpha value is -1.06. The van der Waals surface area contributed by atoms with Crippen LogP contribution in [0.3, 0.4) is 0 Å². The molecule has 0 aliphatic rings. The summed E-state index contributed by atoms with van der Waals surface area (Å²) in [6, 6.07) is 6.30. The minimum atomic E-state index is 0.398. The van der Waals surface area contributed by atoms with Crippen LogP contribution < -0.4 is 5.32 Å². The molecule has 0 unspecified atom stereocenters. The highest BCUT2D eigenvalue weighted by molar-refractivity contribution is 6.31. The van der Waals surface area contributed by atoms with Crippen molar-refractivity contribution in [2.24, 2.45) is 0 Å². The summed E-state index contributed by atoms with van der Waals surface area (Å²) in [6.45, 7) is 8.34. The molecule has 18 heavy (non-hydrogen) atoms. The third-order valence-electron chi connectivity index (χ3n) is 2.95. The molecular formula is C14H20ClN3. The first-order valence-electron chi connectivity index (χ1n) is 6.50. The molecule has 0 saturated heterocycles. The number of hydrogen-bond donors (Lipinski definition) is 1. The maximum atomic E-state index is 6.02. The Labute approximate surface area is 113 Å². The molecule has 3 nitrogen and oxygen atoms in total. The zero-order valence-corrected chi connectivity index (χ0v) is 12.0. The maximum Gasteiger partial charge on any atom is 0.124 e. The van der Waals surface area contributed by atoms with E-state index >= 15 is 0 Å². The van der Waals surface area contributed by atoms with E-state index in [0.717, 1.165) is 41.4 Å². The van der Waals surface area contributed by atoms with Crippen LogP contribution in [0.2, 0.25) is 5.02 Å². The fourth-order valence-electron chi connectivity index (χ4n) is 2.20. The largest absolute Gasteiger partial charge is 0.324 e. The Morgan fingerprint density at radius 1 is 1.39 bits per heavy atom. The molecule has 0 spiro atoms. The minimum Gasteiger partial charge on any atom is -0.324 e. The molecule has 0 amide bonds. The van der Waals surface area contributed by atoms with Gasteiger partial charge in [-0.1, -0.05) is 18.5 Å². The van der Waals surface area contributed by atoms with Crippen molar-refractivity contribution < 1.29 is 0 Å². The van der Waals surface area contributed by atoms with E-state index in [1.54, 1.807) is 0 Å². The van der Waals surface area contributed by atoms with Gasteiger partial charge in [-0.2, -0.15) is 0 Å². The summed E-state index contributed by atoms with van der Waals surface area (Å²) in [6.07, 6.45) is 1.13. The summed E-state index contributed by atoms with van der Waals surface area (Å²) in [7, 11) is 0. The Morgan fingerprint density at radius 3 is 2.83 bits per heavy atom. The summed E-state index contributed by atoms with van der Waals surface area (Å²) in [4.78, 5) is 4.68. The molecule has 2 aromatic rings. The lowest BCUT2D eigenvalue weighted by molar-refractivity contribution is 0.553. The van der Waals surface area contributed by atoms with E-state index < -0.39 is 0 Å². The van der Waals surface area contributed by atoms with E-state index in [0.29, 0.717) is 6.04 Å². The molecule has 4 heteroatoms. The van der Waals surface area contributed by atoms with Gasteiger partial charge >= 0.3 is 0 Å². The van der Waals surface area contributed by atoms with Crippen LogP contribution in [0.1, 0.15) is 39.1 Å². The second kappa shape index (κ2) is 5.72. The monoisotopic (exact) mass is 265 g/mol. The maximum absolute atomic E-state index is 6.02. The Kier molecular flexibility index (Phi) is 4.25. The van der Waals surface area contributed by atoms with Gasteiger partial charge < -0.3 is 9.88 Å². The highest BCUT2D eigenvalue weighted by Crippen LogP contribution is 2.23. The number of rotatable bonds is 5. The predicted octanol–water partition coefficient (Wildman–Crippen LogP) is 3.77. The molecule has 0 radical (unpaired) electrons. The van der Waals surface area contributed by atoms with Gasteiger partial charge in [-0.15, -0.1) is 0 Å². The van der Waals surface area contributed by atoms with E-state index in [-0.39, 0.29) is 0 Å². The first-order chi connectivity index (χ1) is 8.63. The van der Waals surface area contributed by atoms with Crippen molar-refractivity contribution in [3.63, 3.8) is 0 Å². The Balaban J connectivity index is 2.41. The molecular weight excluding hydrogens is 246 g/mol. The second-order valence-electron chi connectivity index (χ2n) is 4.80. The topological polar surface area (TPSA) is 29.9 Å². The van der Waals surface area contributed by atoms with Crippen molar-refractivity contribution in [2.75, 3.05) is 6.54 Å². The van der Waals surface area contributed by atoms with Crippen LogP contribution in [-0.2, 0) is 6.54 Å². The summed E-state index contributed by atoms with van der Waals surface area (Å²) >= 11 is 6.02. The van der Waals surface area contributed by atoms with Crippen LogP contribution in [0.4, 0.5) is 0 Å². The van der Waals surface area contributed by atoms with Crippen LogP contribution in [0.25, 0.3) is 11.0 Å². The summed E-state index contributed by atoms with van der Waals surface area (Å²) in [5, 5.41) is 4.15. The molecule has 0 fully saturated rings. The van der Waals surface area contributed by atoms with E-state index in [9.17, 15) is 0 Å². The third kappa shape index (κ3) is 2.68. The Bertz CT molecular complexity index is 531. The number of imidazole rings is 1. The molecule has 98 valence electrons. The van der Waals surface area contributed by atoms with E-state index in [2.05, 4.69) is 35.6 Å². The molecule has 0 bridgehead atoms. The quantitative estimate of drug-likeness (QED) is 0.834. The molecule has 0 saturated carbocycles. The van der Waals surface area contributed by atoms with E-state index in [4.69, 9.17) is 11.6 Å². The average Bonchev–Trinajstić information content (AvgIpc) is 2.66. The van der Waals surface area contributed by atoms with Crippen molar-refractivity contribution in [3.8, 4) is 0 Å². The molecule has 0 aliphatic heterocycles. The fraction of sp³-hybridized carbons (Fsp3) is 0.500. The lowest BCUT2D eigenvalue weighted by Gasteiger charge is -2.13. The molecule has 1 heterocycles. The van der Waals surface area contributed by atoms with Gasteiger partial charge in [0, 0.05) is 11.1 Å². The van der Waals surface area contributed by atoms with Crippen molar-refractivity contribution in [1.29, 1.82) is 0 Å². The van der Waals surface area contributed by atoms with Crippen LogP contribution >= 0.6 is 11.6 Å². The van der Waals surface area contributed by atoms with Crippen LogP contribution in [0.15, 0.2) is 18.2 Å². The number of benzene rings is 1. The summed E-state index contributed by atoms with van der Waals surface area (Å²) in [5.74, 6) is 1.08. The van der Waals surface area contributed by atoms with Gasteiger partial charge in [0.25, 0.3) is 0 Å². The molecule has 0 atom stereocenters. The number of nitrogens with one attached hydrogen (secondary N) is 1. The highest BCUT2D eigenvalue weighted by atomic mass is 35.5. The average molecular weight is 266 g/mol. The fourth-order valence-corrected chi connectivity index (χ4v) is 2.37. The van der Waals surface area contributed by atoms with E-state index in [1.807, 2.05) is 18.2 Å². The minimum absolute atomic E-state index is 0.398. The lowest BCUT2D eigenvalue weighted by Crippen LogP contribution is -2.18. The number of aromatic nitrogens is 2. The van der Waals surface area contributed by atoms with Gasteiger partial charge in [-0.25, -0.2) is 4.98 Å². The third-order valence-corrected chi connectivity index (χ3v) is 3.19. The first kappa shape index (κ1) is 13.4. The zero-order chi connectivity index (χ0) is 13.1. The first-order valence-corrected chi connectivity index (χ1v) is 6.88. The number of hydrogen-bond acceptors (Lipinski definition) is 2. The van der Waals surface area contributed by atoms with Crippen LogP contribution in [-0.4, -0.2) is 16.1 Å². The molecule has 0 aliphatic carbocycles. The second-order valence-corrected chi connectivity index (χ2v) is 5.24. The molecule has 1 aromatic carbocycles. The van der Waals surface area contributed by atoms with Gasteiger partial charge in [-0.05, 0) is 45.0 Å². The van der Waals surface area contributed by atoms with Gasteiger partial charge in [0.15, 0.2) is 0 Å². The van der Waals surface area contributed by atoms with Crippen molar-refractivity contribution in [2.45, 2.75) is 39.8 Å². The van der Waals surface area contributed by atoms with Gasteiger partial charge in [0.05, 0.1) is 17.6 Å². The number of fused-ring (bicyclic) bond motifs is 1. The standard InChI is InChI=1S/C14H20ClN3/c1-4-7-16-9-14-17-12-8-11(15)5-6-13(12)18(14)10(2)3/h5-6,8,10,16H,4,7,9H2,1-3H3. The predicted molar refractivity (Wildman–Crippen MR) is 77.1 cm³/mol. The van der Waals surface area contributed by atoms with Crippen LogP contribution in [0.5, 0.6) is 0 Å². The van der Waals surface area contributed by atoms with Crippen molar-refractivity contribution in [1.82, 2.24) is 14.9 Å². The highest BCUT2D eigenvalue weighted by Gasteiger charge is 2.12. The van der Waals surface area contributed by atoms with Gasteiger partial charge in [-0.3, -0.25) is 0 Å². The summed E-state index contributed by atoms with van der Waals surface area (Å²) < 4.78 is 2.27. The SMILES string of the molecule is CCCNCc1nc2cc(Cl)ccc2n1C(C)C. The van der Waals surface area contributed by atoms with Gasteiger partial charge in [0.1, 0.15) is 5.82 Å². The molecule has 1 aromatic heterocycles. The molecule has 1 N–H and O–H groups in total. The van der Waals surface area contributed by atoms with Crippen molar-refractivity contribution >= 4 is 22.6 Å². The van der Waals surface area contributed by atoms with Gasteiger partial charge in [0.2, 0.25) is 0 Å². The van der Waals surface area contributed by atoms with Crippen LogP contribution in [0, 0.1) is 0 Å². The number of halogens is 1. The Morgan fingerprint density at radius 2 is 2.17 bits per heavy atom. The van der Waals surface area contributed by atoms with Crippen molar-refractivity contribution in [3.05, 3.63) is 29.0 Å². The smallest absolute Gasteiger partial charge is 0.124 e. The molecule has 2 rings (SSSR count). The summed E-state index contributed by atoms with van der Waals surface area (Å²) in [5.41, 5.74) is 2.13. The lowest BCUT2D eigenvalue weighted by atomic mass is 10.3. The zero-order valence-electron chi connectivity index (χ0n) is 11.2. The normalized spacial score (nSPS) is 11.6. The number of nitrogens with zero attached hydrogens (tertiary/aromatic N) is 2.